The molecular weight excluding hydrogens is 321 g/mol. The summed E-state index contributed by atoms with van der Waals surface area (Å²) in [4.78, 5) is 4.44. The van der Waals surface area contributed by atoms with Gasteiger partial charge < -0.3 is 20.2 Å². The van der Waals surface area contributed by atoms with Crippen LogP contribution in [0.25, 0.3) is 0 Å². The largest absolute Gasteiger partial charge is 0.463 e. The zero-order valence-electron chi connectivity index (χ0n) is 15.0. The van der Waals surface area contributed by atoms with Crippen LogP contribution in [0.2, 0.25) is 0 Å². The van der Waals surface area contributed by atoms with Gasteiger partial charge in [0.15, 0.2) is 5.96 Å². The first-order valence-electron chi connectivity index (χ1n) is 8.46. The Morgan fingerprint density at radius 2 is 1.92 bits per heavy atom. The van der Waals surface area contributed by atoms with E-state index in [1.165, 1.54) is 12.1 Å². The van der Waals surface area contributed by atoms with Gasteiger partial charge in [-0.05, 0) is 57.0 Å². The summed E-state index contributed by atoms with van der Waals surface area (Å²) in [5, 5.41) is 16.9. The molecule has 2 rings (SSSR count). The molecule has 1 aromatic heterocycles. The number of halogens is 1. The van der Waals surface area contributed by atoms with E-state index in [2.05, 4.69) is 15.6 Å². The van der Waals surface area contributed by atoms with Crippen molar-refractivity contribution >= 4 is 5.96 Å². The minimum absolute atomic E-state index is 0.172. The summed E-state index contributed by atoms with van der Waals surface area (Å²) >= 11 is 0. The number of nitrogens with one attached hydrogen (secondary N) is 2. The third-order valence-corrected chi connectivity index (χ3v) is 3.78. The van der Waals surface area contributed by atoms with Crippen molar-refractivity contribution in [1.29, 1.82) is 0 Å². The number of nitrogens with zero attached hydrogens (tertiary/aromatic N) is 1. The van der Waals surface area contributed by atoms with Crippen LogP contribution < -0.4 is 10.6 Å². The molecule has 0 radical (unpaired) electrons. The van der Waals surface area contributed by atoms with E-state index in [1.54, 1.807) is 25.1 Å². The normalized spacial score (nSPS) is 14.2. The van der Waals surface area contributed by atoms with Crippen molar-refractivity contribution in [3.63, 3.8) is 0 Å². The maximum atomic E-state index is 12.9. The lowest BCUT2D eigenvalue weighted by Gasteiger charge is -2.19. The molecule has 1 unspecified atom stereocenters. The third kappa shape index (κ3) is 5.90. The predicted octanol–water partition coefficient (Wildman–Crippen LogP) is 2.73. The second-order valence-corrected chi connectivity index (χ2v) is 6.18. The highest BCUT2D eigenvalue weighted by Gasteiger charge is 2.26. The number of rotatable bonds is 7. The molecular formula is C19H26FN3O2. The molecule has 0 saturated carbocycles. The third-order valence-electron chi connectivity index (χ3n) is 3.78. The Kier molecular flexibility index (Phi) is 6.58. The summed E-state index contributed by atoms with van der Waals surface area (Å²) in [6.07, 6.45) is 0.748. The Bertz CT molecular complexity index is 693. The van der Waals surface area contributed by atoms with Gasteiger partial charge in [-0.15, -0.1) is 0 Å². The average molecular weight is 347 g/mol. The molecule has 0 aliphatic heterocycles. The standard InChI is InChI=1S/C19H26FN3O2/c1-4-21-18(22-12-11-15-6-8-16(20)9-7-15)23-13-19(3,24)17-10-5-14(2)25-17/h5-10,24H,4,11-13H2,1-3H3,(H2,21,22,23). The molecule has 25 heavy (non-hydrogen) atoms. The molecule has 0 saturated heterocycles. The van der Waals surface area contributed by atoms with E-state index in [4.69, 9.17) is 4.42 Å². The second kappa shape index (κ2) is 8.67. The van der Waals surface area contributed by atoms with Gasteiger partial charge in [-0.1, -0.05) is 12.1 Å². The van der Waals surface area contributed by atoms with Crippen LogP contribution in [0.15, 0.2) is 45.8 Å². The maximum absolute atomic E-state index is 12.9. The minimum Gasteiger partial charge on any atom is -0.463 e. The van der Waals surface area contributed by atoms with E-state index in [9.17, 15) is 9.50 Å². The van der Waals surface area contributed by atoms with Gasteiger partial charge in [0.1, 0.15) is 22.9 Å². The van der Waals surface area contributed by atoms with Gasteiger partial charge in [-0.3, -0.25) is 0 Å². The van der Waals surface area contributed by atoms with Crippen LogP contribution in [0.3, 0.4) is 0 Å². The summed E-state index contributed by atoms with van der Waals surface area (Å²) in [5.41, 5.74) is -0.129. The molecule has 1 atom stereocenters. The van der Waals surface area contributed by atoms with Gasteiger partial charge in [0.05, 0.1) is 6.54 Å². The van der Waals surface area contributed by atoms with E-state index in [0.717, 1.165) is 17.7 Å². The van der Waals surface area contributed by atoms with E-state index in [0.29, 0.717) is 24.8 Å². The molecule has 0 bridgehead atoms. The van der Waals surface area contributed by atoms with Crippen molar-refractivity contribution in [2.45, 2.75) is 32.8 Å². The van der Waals surface area contributed by atoms with Crippen molar-refractivity contribution in [2.24, 2.45) is 4.99 Å². The van der Waals surface area contributed by atoms with Gasteiger partial charge in [0, 0.05) is 13.1 Å². The SMILES string of the molecule is CCNC(=NCC(C)(O)c1ccc(C)o1)NCCc1ccc(F)cc1. The van der Waals surface area contributed by atoms with Crippen LogP contribution in [-0.2, 0) is 12.0 Å². The number of hydrogen-bond donors (Lipinski definition) is 3. The van der Waals surface area contributed by atoms with Crippen LogP contribution in [0, 0.1) is 12.7 Å². The van der Waals surface area contributed by atoms with Crippen molar-refractivity contribution in [3.05, 3.63) is 59.3 Å². The van der Waals surface area contributed by atoms with Crippen LogP contribution in [-0.4, -0.2) is 30.7 Å². The van der Waals surface area contributed by atoms with E-state index < -0.39 is 5.60 Å². The summed E-state index contributed by atoms with van der Waals surface area (Å²) < 4.78 is 18.4. The summed E-state index contributed by atoms with van der Waals surface area (Å²) in [6, 6.07) is 10.0. The van der Waals surface area contributed by atoms with E-state index in [-0.39, 0.29) is 12.4 Å². The summed E-state index contributed by atoms with van der Waals surface area (Å²) in [5.74, 6) is 1.63. The molecule has 3 N–H and O–H groups in total. The van der Waals surface area contributed by atoms with Crippen molar-refractivity contribution in [2.75, 3.05) is 19.6 Å². The monoisotopic (exact) mass is 347 g/mol. The van der Waals surface area contributed by atoms with Crippen molar-refractivity contribution in [3.8, 4) is 0 Å². The molecule has 0 spiro atoms. The van der Waals surface area contributed by atoms with Crippen molar-refractivity contribution in [1.82, 2.24) is 10.6 Å². The van der Waals surface area contributed by atoms with Gasteiger partial charge in [-0.25, -0.2) is 9.38 Å². The Morgan fingerprint density at radius 3 is 2.52 bits per heavy atom. The number of benzene rings is 1. The topological polar surface area (TPSA) is 69.8 Å². The number of aliphatic imine (C=N–C) groups is 1. The number of aryl methyl sites for hydroxylation is 1. The first-order chi connectivity index (χ1) is 11.9. The molecule has 2 aromatic rings. The average Bonchev–Trinajstić information content (AvgIpc) is 3.02. The molecule has 1 aromatic carbocycles. The fourth-order valence-corrected chi connectivity index (χ4v) is 2.35. The van der Waals surface area contributed by atoms with Crippen LogP contribution in [0.1, 0.15) is 30.9 Å². The highest BCUT2D eigenvalue weighted by molar-refractivity contribution is 5.79. The first-order valence-corrected chi connectivity index (χ1v) is 8.46. The fraction of sp³-hybridized carbons (Fsp3) is 0.421. The zero-order valence-corrected chi connectivity index (χ0v) is 15.0. The lowest BCUT2D eigenvalue weighted by Crippen LogP contribution is -2.39. The van der Waals surface area contributed by atoms with Gasteiger partial charge in [-0.2, -0.15) is 0 Å². The van der Waals surface area contributed by atoms with Gasteiger partial charge >= 0.3 is 0 Å². The Balaban J connectivity index is 1.92. The van der Waals surface area contributed by atoms with E-state index in [1.807, 2.05) is 19.9 Å². The smallest absolute Gasteiger partial charge is 0.191 e. The molecule has 0 fully saturated rings. The van der Waals surface area contributed by atoms with E-state index >= 15 is 0 Å². The molecule has 136 valence electrons. The molecule has 5 nitrogen and oxygen atoms in total. The molecule has 1 heterocycles. The number of furan rings is 1. The lowest BCUT2D eigenvalue weighted by atomic mass is 10.0. The zero-order chi connectivity index (χ0) is 18.3. The molecule has 0 aliphatic carbocycles. The van der Waals surface area contributed by atoms with Crippen LogP contribution in [0.4, 0.5) is 4.39 Å². The highest BCUT2D eigenvalue weighted by Crippen LogP contribution is 2.22. The van der Waals surface area contributed by atoms with Gasteiger partial charge in [0.25, 0.3) is 0 Å². The number of aliphatic hydroxyl groups is 1. The second-order valence-electron chi connectivity index (χ2n) is 6.18. The number of hydrogen-bond acceptors (Lipinski definition) is 3. The molecule has 6 heteroatoms. The summed E-state index contributed by atoms with van der Waals surface area (Å²) in [6.45, 7) is 7.03. The van der Waals surface area contributed by atoms with Gasteiger partial charge in [0.2, 0.25) is 0 Å². The quantitative estimate of drug-likeness (QED) is 0.532. The highest BCUT2D eigenvalue weighted by atomic mass is 19.1. The van der Waals surface area contributed by atoms with Crippen molar-refractivity contribution < 1.29 is 13.9 Å². The first kappa shape index (κ1) is 19.0. The summed E-state index contributed by atoms with van der Waals surface area (Å²) in [7, 11) is 0. The van der Waals surface area contributed by atoms with Crippen LogP contribution >= 0.6 is 0 Å². The van der Waals surface area contributed by atoms with Crippen LogP contribution in [0.5, 0.6) is 0 Å². The molecule has 0 aliphatic rings. The Labute approximate surface area is 148 Å². The fourth-order valence-electron chi connectivity index (χ4n) is 2.35. The maximum Gasteiger partial charge on any atom is 0.191 e. The lowest BCUT2D eigenvalue weighted by molar-refractivity contribution is 0.0428. The number of guanidine groups is 1. The Hall–Kier alpha value is -2.34. The minimum atomic E-state index is -1.17. The molecule has 0 amide bonds. The predicted molar refractivity (Wildman–Crippen MR) is 97.1 cm³/mol. The Morgan fingerprint density at radius 1 is 1.20 bits per heavy atom.